The lowest BCUT2D eigenvalue weighted by molar-refractivity contribution is -0.467. The molecule has 0 atom stereocenters. The molecule has 0 heterocycles. The highest BCUT2D eigenvalue weighted by Gasteiger charge is 2.16. The average Bonchev–Trinajstić information content (AvgIpc) is 2.27. The second kappa shape index (κ2) is 5.57. The molecule has 0 saturated carbocycles. The third-order valence-corrected chi connectivity index (χ3v) is 1.94. The van der Waals surface area contributed by atoms with E-state index in [1.807, 2.05) is 0 Å². The Morgan fingerprint density at radius 1 is 1.39 bits per heavy atom. The maximum atomic E-state index is 11.2. The monoisotopic (exact) mass is 255 g/mol. The number of nitrogens with zero attached hydrogens (tertiary/aromatic N) is 2. The van der Waals surface area contributed by atoms with E-state index in [0.29, 0.717) is 0 Å². The van der Waals surface area contributed by atoms with Gasteiger partial charge in [0.1, 0.15) is 5.75 Å². The van der Waals surface area contributed by atoms with Crippen LogP contribution in [0.4, 0.5) is 11.4 Å². The summed E-state index contributed by atoms with van der Waals surface area (Å²) in [5.74, 6) is -0.712. The van der Waals surface area contributed by atoms with Crippen LogP contribution in [0, 0.1) is 20.2 Å². The maximum absolute atomic E-state index is 11.2. The molecule has 0 aliphatic carbocycles. The minimum atomic E-state index is -0.925. The smallest absolute Gasteiger partial charge is 0.296 e. The van der Waals surface area contributed by atoms with Gasteiger partial charge in [0.25, 0.3) is 18.1 Å². The normalized spacial score (nSPS) is 9.61. The van der Waals surface area contributed by atoms with Crippen molar-refractivity contribution in [3.63, 3.8) is 0 Å². The summed E-state index contributed by atoms with van der Waals surface area (Å²) in [5, 5.41) is 22.9. The van der Waals surface area contributed by atoms with Crippen LogP contribution in [0.2, 0.25) is 0 Å². The van der Waals surface area contributed by atoms with Crippen molar-refractivity contribution in [2.24, 2.45) is 0 Å². The van der Waals surface area contributed by atoms with Gasteiger partial charge in [0.2, 0.25) is 0 Å². The molecule has 0 bridgehead atoms. The highest BCUT2D eigenvalue weighted by atomic mass is 16.6. The van der Waals surface area contributed by atoms with E-state index < -0.39 is 22.3 Å². The molecule has 0 fully saturated rings. The van der Waals surface area contributed by atoms with Crippen molar-refractivity contribution >= 4 is 17.3 Å². The van der Waals surface area contributed by atoms with Gasteiger partial charge in [-0.2, -0.15) is 0 Å². The molecule has 0 aliphatic heterocycles. The molecule has 9 heteroatoms. The quantitative estimate of drug-likeness (QED) is 0.613. The van der Waals surface area contributed by atoms with Crippen molar-refractivity contribution < 1.29 is 19.4 Å². The van der Waals surface area contributed by atoms with E-state index in [0.717, 1.165) is 6.07 Å². The Morgan fingerprint density at radius 3 is 2.56 bits per heavy atom. The second-order valence-electron chi connectivity index (χ2n) is 3.18. The van der Waals surface area contributed by atoms with Gasteiger partial charge in [-0.3, -0.25) is 25.0 Å². The molecule has 18 heavy (non-hydrogen) atoms. The van der Waals surface area contributed by atoms with E-state index in [1.165, 1.54) is 19.2 Å². The topological polar surface area (TPSA) is 125 Å². The Bertz CT molecular complexity index is 501. The Kier molecular flexibility index (Phi) is 4.13. The van der Waals surface area contributed by atoms with Gasteiger partial charge in [-0.25, -0.2) is 0 Å². The fourth-order valence-corrected chi connectivity index (χ4v) is 1.21. The van der Waals surface area contributed by atoms with Crippen LogP contribution in [0.25, 0.3) is 0 Å². The minimum Gasteiger partial charge on any atom is -0.495 e. The lowest BCUT2D eigenvalue weighted by atomic mass is 10.2. The van der Waals surface area contributed by atoms with Crippen LogP contribution in [0.15, 0.2) is 18.2 Å². The van der Waals surface area contributed by atoms with Gasteiger partial charge in [-0.15, -0.1) is 0 Å². The summed E-state index contributed by atoms with van der Waals surface area (Å²) in [5.41, 5.74) is -0.245. The molecule has 0 radical (unpaired) electrons. The minimum absolute atomic E-state index is 0.0125. The number of carbonyl (C=O) groups excluding carboxylic acids is 1. The highest BCUT2D eigenvalue weighted by molar-refractivity contribution is 5.93. The van der Waals surface area contributed by atoms with E-state index in [-0.39, 0.29) is 17.1 Å². The molecular weight excluding hydrogens is 246 g/mol. The molecule has 1 N–H and O–H groups in total. The second-order valence-corrected chi connectivity index (χ2v) is 3.18. The number of nitro groups is 2. The van der Waals surface area contributed by atoms with Crippen molar-refractivity contribution in [2.45, 2.75) is 0 Å². The molecular formula is C9H9N3O6. The van der Waals surface area contributed by atoms with Crippen molar-refractivity contribution in [3.8, 4) is 5.75 Å². The molecule has 0 unspecified atom stereocenters. The molecule has 1 rings (SSSR count). The highest BCUT2D eigenvalue weighted by Crippen LogP contribution is 2.28. The van der Waals surface area contributed by atoms with Crippen LogP contribution in [0.1, 0.15) is 0 Å². The fourth-order valence-electron chi connectivity index (χ4n) is 1.21. The van der Waals surface area contributed by atoms with E-state index in [4.69, 9.17) is 4.74 Å². The Hall–Kier alpha value is -2.71. The van der Waals surface area contributed by atoms with Crippen LogP contribution in [-0.2, 0) is 4.79 Å². The number of anilines is 1. The molecule has 9 nitrogen and oxygen atoms in total. The van der Waals surface area contributed by atoms with Gasteiger partial charge in [-0.1, -0.05) is 0 Å². The van der Waals surface area contributed by atoms with E-state index in [2.05, 4.69) is 5.32 Å². The van der Waals surface area contributed by atoms with E-state index in [1.54, 1.807) is 0 Å². The van der Waals surface area contributed by atoms with Crippen molar-refractivity contribution in [1.82, 2.24) is 0 Å². The van der Waals surface area contributed by atoms with Crippen LogP contribution >= 0.6 is 0 Å². The predicted molar refractivity (Wildman–Crippen MR) is 60.1 cm³/mol. The lowest BCUT2D eigenvalue weighted by Crippen LogP contribution is -2.21. The van der Waals surface area contributed by atoms with Gasteiger partial charge in [0.15, 0.2) is 0 Å². The number of ether oxygens (including phenoxy) is 1. The standard InChI is InChI=1S/C9H9N3O6/c1-18-8-3-2-6(12(16)17)4-7(8)10-9(13)5-11(14)15/h2-4H,5H2,1H3,(H,10,13). The predicted octanol–water partition coefficient (Wildman–Crippen LogP) is 0.819. The summed E-state index contributed by atoms with van der Waals surface area (Å²) < 4.78 is 4.88. The first-order valence-electron chi connectivity index (χ1n) is 4.68. The zero-order chi connectivity index (χ0) is 13.7. The molecule has 0 aliphatic rings. The van der Waals surface area contributed by atoms with Crippen molar-refractivity contribution in [1.29, 1.82) is 0 Å². The number of hydrogen-bond donors (Lipinski definition) is 1. The maximum Gasteiger partial charge on any atom is 0.296 e. The summed E-state index contributed by atoms with van der Waals surface area (Å²) in [6.07, 6.45) is 0. The molecule has 0 aromatic heterocycles. The first-order valence-corrected chi connectivity index (χ1v) is 4.68. The van der Waals surface area contributed by atoms with Crippen LogP contribution in [-0.4, -0.2) is 29.4 Å². The first-order chi connectivity index (χ1) is 8.43. The number of amides is 1. The summed E-state index contributed by atoms with van der Waals surface area (Å²) >= 11 is 0. The Morgan fingerprint density at radius 2 is 2.06 bits per heavy atom. The number of carbonyl (C=O) groups is 1. The first kappa shape index (κ1) is 13.4. The third-order valence-electron chi connectivity index (χ3n) is 1.94. The molecule has 1 amide bonds. The average molecular weight is 255 g/mol. The Labute approximate surface area is 101 Å². The summed E-state index contributed by atoms with van der Waals surface area (Å²) in [7, 11) is 1.31. The van der Waals surface area contributed by atoms with Gasteiger partial charge in [0, 0.05) is 17.1 Å². The van der Waals surface area contributed by atoms with Crippen LogP contribution < -0.4 is 10.1 Å². The SMILES string of the molecule is COc1ccc([N+](=O)[O-])cc1NC(=O)C[N+](=O)[O-]. The molecule has 0 saturated heterocycles. The molecule has 1 aromatic rings. The fraction of sp³-hybridized carbons (Fsp3) is 0.222. The van der Waals surface area contributed by atoms with Gasteiger partial charge >= 0.3 is 0 Å². The van der Waals surface area contributed by atoms with Gasteiger partial charge in [0.05, 0.1) is 17.7 Å². The third kappa shape index (κ3) is 3.40. The number of nitro benzene ring substituents is 1. The molecule has 1 aromatic carbocycles. The zero-order valence-corrected chi connectivity index (χ0v) is 9.28. The summed E-state index contributed by atoms with van der Waals surface area (Å²) in [6.45, 7) is -0.925. The number of nitrogens with one attached hydrogen (secondary N) is 1. The summed E-state index contributed by atoms with van der Waals surface area (Å²) in [6, 6.07) is 3.55. The Balaban J connectivity index is 2.97. The zero-order valence-electron chi connectivity index (χ0n) is 9.28. The van der Waals surface area contributed by atoms with Gasteiger partial charge in [-0.05, 0) is 6.07 Å². The van der Waals surface area contributed by atoms with E-state index in [9.17, 15) is 25.0 Å². The largest absolute Gasteiger partial charge is 0.495 e. The van der Waals surface area contributed by atoms with Crippen molar-refractivity contribution in [2.75, 3.05) is 19.0 Å². The molecule has 96 valence electrons. The van der Waals surface area contributed by atoms with E-state index >= 15 is 0 Å². The number of benzene rings is 1. The number of methoxy groups -OCH3 is 1. The van der Waals surface area contributed by atoms with Crippen LogP contribution in [0.5, 0.6) is 5.75 Å². The summed E-state index contributed by atoms with van der Waals surface area (Å²) in [4.78, 5) is 30.4. The number of non-ortho nitro benzene ring substituents is 1. The van der Waals surface area contributed by atoms with Crippen LogP contribution in [0.3, 0.4) is 0 Å². The molecule has 0 spiro atoms. The number of hydrogen-bond acceptors (Lipinski definition) is 6. The lowest BCUT2D eigenvalue weighted by Gasteiger charge is -2.08. The van der Waals surface area contributed by atoms with Gasteiger partial charge < -0.3 is 10.1 Å². The van der Waals surface area contributed by atoms with Crippen molar-refractivity contribution in [3.05, 3.63) is 38.4 Å². The number of rotatable bonds is 5.